The summed E-state index contributed by atoms with van der Waals surface area (Å²) in [5.74, 6) is 1.29. The van der Waals surface area contributed by atoms with E-state index in [1.165, 1.54) is 0 Å². The second kappa shape index (κ2) is 9.51. The summed E-state index contributed by atoms with van der Waals surface area (Å²) >= 11 is 0. The lowest BCUT2D eigenvalue weighted by Crippen LogP contribution is -2.35. The lowest BCUT2D eigenvalue weighted by atomic mass is 10.00. The van der Waals surface area contributed by atoms with Gasteiger partial charge in [-0.2, -0.15) is 0 Å². The van der Waals surface area contributed by atoms with Gasteiger partial charge in [-0.1, -0.05) is 49.4 Å². The van der Waals surface area contributed by atoms with E-state index in [0.717, 1.165) is 57.3 Å². The molecule has 4 rings (SSSR count). The van der Waals surface area contributed by atoms with Crippen LogP contribution >= 0.6 is 0 Å². The number of hydrogen-bond donors (Lipinski definition) is 1. The van der Waals surface area contributed by atoms with Crippen LogP contribution in [0.3, 0.4) is 0 Å². The van der Waals surface area contributed by atoms with Gasteiger partial charge >= 0.3 is 0 Å². The molecule has 2 heterocycles. The average molecular weight is 453 g/mol. The monoisotopic (exact) mass is 452 g/mol. The van der Waals surface area contributed by atoms with Crippen molar-refractivity contribution in [3.8, 4) is 0 Å². The smallest absolute Gasteiger partial charge is 0.151 e. The molecular weight excluding hydrogens is 420 g/mol. The van der Waals surface area contributed by atoms with Crippen molar-refractivity contribution in [1.82, 2.24) is 9.55 Å². The molecule has 0 amide bonds. The fraction of sp³-hybridized carbons (Fsp3) is 0.250. The Bertz CT molecular complexity index is 1340. The predicted octanol–water partition coefficient (Wildman–Crippen LogP) is 6.05. The number of nitrogens with two attached hydrogens (primary N) is 1. The molecule has 0 bridgehead atoms. The molecule has 1 aromatic heterocycles. The lowest BCUT2D eigenvalue weighted by Gasteiger charge is -2.34. The molecule has 6 heteroatoms. The van der Waals surface area contributed by atoms with E-state index in [-0.39, 0.29) is 0 Å². The van der Waals surface area contributed by atoms with Crippen molar-refractivity contribution >= 4 is 28.7 Å². The zero-order valence-electron chi connectivity index (χ0n) is 20.6. The number of nitrogens with zero attached hydrogens (tertiary/aromatic N) is 5. The topological polar surface area (TPSA) is 71.8 Å². The maximum absolute atomic E-state index is 6.26. The third-order valence-electron chi connectivity index (χ3n) is 6.31. The van der Waals surface area contributed by atoms with Crippen molar-refractivity contribution in [2.75, 3.05) is 4.90 Å². The minimum absolute atomic E-state index is 0.413. The number of rotatable bonds is 6. The van der Waals surface area contributed by atoms with Gasteiger partial charge in [0.1, 0.15) is 11.5 Å². The van der Waals surface area contributed by atoms with Gasteiger partial charge in [-0.05, 0) is 57.4 Å². The molecular formula is C28H32N6. The summed E-state index contributed by atoms with van der Waals surface area (Å²) in [4.78, 5) is 16.2. The van der Waals surface area contributed by atoms with Gasteiger partial charge in [-0.15, -0.1) is 0 Å². The maximum atomic E-state index is 6.26. The van der Waals surface area contributed by atoms with E-state index in [0.29, 0.717) is 18.1 Å². The first kappa shape index (κ1) is 23.2. The quantitative estimate of drug-likeness (QED) is 0.366. The second-order valence-electron chi connectivity index (χ2n) is 8.72. The fourth-order valence-electron chi connectivity index (χ4n) is 4.12. The molecule has 2 aromatic carbocycles. The van der Waals surface area contributed by atoms with Crippen molar-refractivity contribution in [3.05, 3.63) is 95.2 Å². The lowest BCUT2D eigenvalue weighted by molar-refractivity contribution is 0.808. The molecule has 0 atom stereocenters. The van der Waals surface area contributed by atoms with E-state index in [2.05, 4.69) is 65.0 Å². The standard InChI is InChI=1S/C28H32N6/c1-7-18(2)15-30-28(29)27-22(6)33(17-31-27)16-25-32-23-13-10-12-20(4)26(23)21(5)34(25)24-14-9-8-11-19(24)3/h8-15,17H,5,7,16H2,1-4,6H3,(H2,29,30). The van der Waals surface area contributed by atoms with E-state index in [1.54, 1.807) is 6.33 Å². The van der Waals surface area contributed by atoms with Gasteiger partial charge in [0, 0.05) is 23.2 Å². The number of benzene rings is 2. The predicted molar refractivity (Wildman–Crippen MR) is 143 cm³/mol. The number of aliphatic imine (C=N–C) groups is 2. The number of allylic oxidation sites excluding steroid dienone is 1. The molecule has 6 nitrogen and oxygen atoms in total. The van der Waals surface area contributed by atoms with Gasteiger partial charge in [-0.3, -0.25) is 4.90 Å². The Kier molecular flexibility index (Phi) is 6.50. The zero-order valence-corrected chi connectivity index (χ0v) is 20.6. The van der Waals surface area contributed by atoms with Crippen molar-refractivity contribution < 1.29 is 0 Å². The van der Waals surface area contributed by atoms with E-state index < -0.39 is 0 Å². The van der Waals surface area contributed by atoms with Crippen LogP contribution in [0, 0.1) is 20.8 Å². The van der Waals surface area contributed by atoms with Crippen molar-refractivity contribution in [2.24, 2.45) is 15.7 Å². The first-order valence-corrected chi connectivity index (χ1v) is 11.5. The first-order chi connectivity index (χ1) is 16.3. The van der Waals surface area contributed by atoms with Gasteiger partial charge in [-0.25, -0.2) is 15.0 Å². The molecule has 0 saturated carbocycles. The van der Waals surface area contributed by atoms with Gasteiger partial charge in [0.25, 0.3) is 0 Å². The molecule has 174 valence electrons. The van der Waals surface area contributed by atoms with Crippen LogP contribution in [-0.2, 0) is 6.54 Å². The Balaban J connectivity index is 1.77. The van der Waals surface area contributed by atoms with E-state index in [4.69, 9.17) is 10.7 Å². The van der Waals surface area contributed by atoms with E-state index >= 15 is 0 Å². The van der Waals surface area contributed by atoms with Crippen LogP contribution in [0.2, 0.25) is 0 Å². The van der Waals surface area contributed by atoms with E-state index in [1.807, 2.05) is 44.3 Å². The van der Waals surface area contributed by atoms with Crippen LogP contribution in [0.1, 0.15) is 48.3 Å². The summed E-state index contributed by atoms with van der Waals surface area (Å²) in [5.41, 5.74) is 15.4. The number of amidine groups is 2. The minimum Gasteiger partial charge on any atom is -0.382 e. The summed E-state index contributed by atoms with van der Waals surface area (Å²) in [6.45, 7) is 15.4. The van der Waals surface area contributed by atoms with Crippen molar-refractivity contribution in [3.63, 3.8) is 0 Å². The van der Waals surface area contributed by atoms with Crippen LogP contribution in [0.5, 0.6) is 0 Å². The molecule has 0 saturated heterocycles. The fourth-order valence-corrected chi connectivity index (χ4v) is 4.12. The highest BCUT2D eigenvalue weighted by atomic mass is 15.3. The van der Waals surface area contributed by atoms with Gasteiger partial charge < -0.3 is 10.3 Å². The van der Waals surface area contributed by atoms with Crippen molar-refractivity contribution in [2.45, 2.75) is 47.6 Å². The Morgan fingerprint density at radius 2 is 1.82 bits per heavy atom. The Hall–Kier alpha value is -3.93. The summed E-state index contributed by atoms with van der Waals surface area (Å²) in [5, 5.41) is 0. The molecule has 0 unspecified atom stereocenters. The highest BCUT2D eigenvalue weighted by Crippen LogP contribution is 2.39. The molecule has 1 aliphatic heterocycles. The third kappa shape index (κ3) is 4.31. The second-order valence-corrected chi connectivity index (χ2v) is 8.72. The molecule has 3 aromatic rings. The summed E-state index contributed by atoms with van der Waals surface area (Å²) < 4.78 is 2.06. The summed E-state index contributed by atoms with van der Waals surface area (Å²) in [6.07, 6.45) is 4.54. The van der Waals surface area contributed by atoms with E-state index in [9.17, 15) is 0 Å². The molecule has 2 N–H and O–H groups in total. The number of para-hydroxylation sites is 1. The molecule has 0 fully saturated rings. The highest BCUT2D eigenvalue weighted by Gasteiger charge is 2.28. The largest absolute Gasteiger partial charge is 0.382 e. The Morgan fingerprint density at radius 1 is 1.09 bits per heavy atom. The maximum Gasteiger partial charge on any atom is 0.151 e. The third-order valence-corrected chi connectivity index (χ3v) is 6.31. The normalized spacial score (nSPS) is 14.3. The molecule has 1 aliphatic rings. The van der Waals surface area contributed by atoms with Gasteiger partial charge in [0.15, 0.2) is 5.84 Å². The minimum atomic E-state index is 0.413. The number of imidazole rings is 1. The van der Waals surface area contributed by atoms with Crippen LogP contribution in [-0.4, -0.2) is 21.2 Å². The number of hydrogen-bond acceptors (Lipinski definition) is 4. The van der Waals surface area contributed by atoms with Crippen molar-refractivity contribution in [1.29, 1.82) is 0 Å². The van der Waals surface area contributed by atoms with Crippen LogP contribution in [0.15, 0.2) is 77.1 Å². The molecule has 34 heavy (non-hydrogen) atoms. The number of aryl methyl sites for hydroxylation is 2. The first-order valence-electron chi connectivity index (χ1n) is 11.5. The molecule has 0 radical (unpaired) electrons. The average Bonchev–Trinajstić information content (AvgIpc) is 3.18. The Morgan fingerprint density at radius 3 is 2.56 bits per heavy atom. The highest BCUT2D eigenvalue weighted by molar-refractivity contribution is 6.13. The molecule has 0 aliphatic carbocycles. The SMILES string of the molecule is C=C1c2c(C)cccc2N=C(Cn2cnc(C(N)=NC=C(C)CC)c2C)N1c1ccccc1C. The summed E-state index contributed by atoms with van der Waals surface area (Å²) in [6, 6.07) is 14.5. The van der Waals surface area contributed by atoms with Crippen LogP contribution in [0.4, 0.5) is 11.4 Å². The zero-order chi connectivity index (χ0) is 24.4. The molecule has 0 spiro atoms. The number of aromatic nitrogens is 2. The number of anilines is 1. The van der Waals surface area contributed by atoms with Gasteiger partial charge in [0.05, 0.1) is 24.2 Å². The number of fused-ring (bicyclic) bond motifs is 1. The van der Waals surface area contributed by atoms with Gasteiger partial charge in [0.2, 0.25) is 0 Å². The Labute approximate surface area is 201 Å². The van der Waals surface area contributed by atoms with Crippen LogP contribution < -0.4 is 10.6 Å². The van der Waals surface area contributed by atoms with Crippen LogP contribution in [0.25, 0.3) is 5.70 Å². The summed E-state index contributed by atoms with van der Waals surface area (Å²) in [7, 11) is 0.